The SMILES string of the molecule is Cn1c(CCNC(=O)C(c2ccc(F)cc2)N2CCCCC2)n[nH]c1=O. The van der Waals surface area contributed by atoms with Crippen LogP contribution in [0.25, 0.3) is 0 Å². The molecule has 3 rings (SSSR count). The molecule has 2 N–H and O–H groups in total. The van der Waals surface area contributed by atoms with Gasteiger partial charge in [-0.3, -0.25) is 14.3 Å². The van der Waals surface area contributed by atoms with Crippen molar-refractivity contribution in [1.82, 2.24) is 25.0 Å². The molecule has 2 aromatic rings. The Morgan fingerprint density at radius 2 is 1.96 bits per heavy atom. The fourth-order valence-corrected chi connectivity index (χ4v) is 3.35. The van der Waals surface area contributed by atoms with Crippen LogP contribution in [0.3, 0.4) is 0 Å². The van der Waals surface area contributed by atoms with Crippen molar-refractivity contribution in [2.24, 2.45) is 7.05 Å². The Morgan fingerprint density at radius 3 is 2.58 bits per heavy atom. The number of benzene rings is 1. The second-order valence-electron chi connectivity index (χ2n) is 6.60. The maximum atomic E-state index is 13.3. The molecule has 1 fully saturated rings. The fraction of sp³-hybridized carbons (Fsp3) is 0.500. The van der Waals surface area contributed by atoms with Crippen molar-refractivity contribution in [2.75, 3.05) is 19.6 Å². The molecule has 1 saturated heterocycles. The number of piperidine rings is 1. The molecule has 1 aromatic heterocycles. The molecule has 0 aliphatic carbocycles. The number of hydrogen-bond acceptors (Lipinski definition) is 4. The van der Waals surface area contributed by atoms with Crippen LogP contribution in [0.15, 0.2) is 29.1 Å². The lowest BCUT2D eigenvalue weighted by molar-refractivity contribution is -0.127. The normalized spacial score (nSPS) is 16.4. The van der Waals surface area contributed by atoms with E-state index in [4.69, 9.17) is 0 Å². The van der Waals surface area contributed by atoms with Crippen molar-refractivity contribution >= 4 is 5.91 Å². The maximum Gasteiger partial charge on any atom is 0.343 e. The van der Waals surface area contributed by atoms with Gasteiger partial charge in [0, 0.05) is 20.0 Å². The number of amides is 1. The van der Waals surface area contributed by atoms with Crippen LogP contribution in [0.5, 0.6) is 0 Å². The first-order chi connectivity index (χ1) is 12.6. The highest BCUT2D eigenvalue weighted by molar-refractivity contribution is 5.83. The molecule has 1 atom stereocenters. The number of halogens is 1. The zero-order valence-electron chi connectivity index (χ0n) is 14.9. The molecule has 1 unspecified atom stereocenters. The highest BCUT2D eigenvalue weighted by Gasteiger charge is 2.28. The minimum Gasteiger partial charge on any atom is -0.354 e. The number of aromatic amines is 1. The van der Waals surface area contributed by atoms with Crippen molar-refractivity contribution in [2.45, 2.75) is 31.7 Å². The molecule has 1 aromatic carbocycles. The lowest BCUT2D eigenvalue weighted by Crippen LogP contribution is -2.43. The van der Waals surface area contributed by atoms with Gasteiger partial charge in [0.15, 0.2) is 0 Å². The Hall–Kier alpha value is -2.48. The summed E-state index contributed by atoms with van der Waals surface area (Å²) in [7, 11) is 1.64. The van der Waals surface area contributed by atoms with E-state index in [-0.39, 0.29) is 17.4 Å². The number of nitrogens with zero attached hydrogens (tertiary/aromatic N) is 3. The van der Waals surface area contributed by atoms with E-state index in [0.29, 0.717) is 18.8 Å². The van der Waals surface area contributed by atoms with Gasteiger partial charge in [0.1, 0.15) is 17.7 Å². The number of H-pyrrole nitrogens is 1. The quantitative estimate of drug-likeness (QED) is 0.808. The number of likely N-dealkylation sites (tertiary alicyclic amines) is 1. The van der Waals surface area contributed by atoms with Crippen LogP contribution >= 0.6 is 0 Å². The summed E-state index contributed by atoms with van der Waals surface area (Å²) >= 11 is 0. The summed E-state index contributed by atoms with van der Waals surface area (Å²) in [5.74, 6) is 0.164. The second kappa shape index (κ2) is 8.27. The number of nitrogens with one attached hydrogen (secondary N) is 2. The zero-order chi connectivity index (χ0) is 18.5. The topological polar surface area (TPSA) is 83.0 Å². The lowest BCUT2D eigenvalue weighted by atomic mass is 10.0. The Bertz CT molecular complexity index is 793. The molecule has 26 heavy (non-hydrogen) atoms. The molecule has 0 radical (unpaired) electrons. The van der Waals surface area contributed by atoms with Crippen molar-refractivity contribution in [3.63, 3.8) is 0 Å². The highest BCUT2D eigenvalue weighted by atomic mass is 19.1. The van der Waals surface area contributed by atoms with Gasteiger partial charge in [0.2, 0.25) is 5.91 Å². The third-order valence-electron chi connectivity index (χ3n) is 4.81. The summed E-state index contributed by atoms with van der Waals surface area (Å²) < 4.78 is 14.7. The van der Waals surface area contributed by atoms with E-state index < -0.39 is 6.04 Å². The fourth-order valence-electron chi connectivity index (χ4n) is 3.35. The van der Waals surface area contributed by atoms with Gasteiger partial charge >= 0.3 is 5.69 Å². The van der Waals surface area contributed by atoms with E-state index in [1.54, 1.807) is 19.2 Å². The van der Waals surface area contributed by atoms with E-state index >= 15 is 0 Å². The predicted molar refractivity (Wildman–Crippen MR) is 95.1 cm³/mol. The Kier molecular flexibility index (Phi) is 5.82. The molecule has 8 heteroatoms. The number of carbonyl (C=O) groups excluding carboxylic acids is 1. The van der Waals surface area contributed by atoms with E-state index in [1.165, 1.54) is 23.1 Å². The van der Waals surface area contributed by atoms with Gasteiger partial charge in [-0.1, -0.05) is 18.6 Å². The third kappa shape index (κ3) is 4.19. The van der Waals surface area contributed by atoms with Gasteiger partial charge in [-0.05, 0) is 43.6 Å². The number of carbonyl (C=O) groups is 1. The molecule has 140 valence electrons. The molecular weight excluding hydrogens is 337 g/mol. The van der Waals surface area contributed by atoms with Crippen LogP contribution in [0.2, 0.25) is 0 Å². The standard InChI is InChI=1S/C18H24FN5O2/c1-23-15(21-22-18(23)26)9-10-20-17(25)16(24-11-3-2-4-12-24)13-5-7-14(19)8-6-13/h5-8,16H,2-4,9-12H2,1H3,(H,20,25)(H,22,26). The Morgan fingerprint density at radius 1 is 1.27 bits per heavy atom. The van der Waals surface area contributed by atoms with Crippen LogP contribution in [-0.2, 0) is 18.3 Å². The van der Waals surface area contributed by atoms with Crippen molar-refractivity contribution < 1.29 is 9.18 Å². The van der Waals surface area contributed by atoms with Crippen molar-refractivity contribution in [3.05, 3.63) is 52.0 Å². The maximum absolute atomic E-state index is 13.3. The Labute approximate surface area is 151 Å². The van der Waals surface area contributed by atoms with Crippen LogP contribution in [0.1, 0.15) is 36.7 Å². The van der Waals surface area contributed by atoms with Crippen molar-refractivity contribution in [1.29, 1.82) is 0 Å². The van der Waals surface area contributed by atoms with Crippen LogP contribution < -0.4 is 11.0 Å². The zero-order valence-corrected chi connectivity index (χ0v) is 14.9. The van der Waals surface area contributed by atoms with Crippen molar-refractivity contribution in [3.8, 4) is 0 Å². The molecule has 1 aliphatic heterocycles. The van der Waals surface area contributed by atoms with Gasteiger partial charge in [0.25, 0.3) is 0 Å². The van der Waals surface area contributed by atoms with E-state index in [9.17, 15) is 14.0 Å². The minimum absolute atomic E-state index is 0.112. The average Bonchev–Trinajstić information content (AvgIpc) is 2.97. The summed E-state index contributed by atoms with van der Waals surface area (Å²) in [6.07, 6.45) is 3.74. The van der Waals surface area contributed by atoms with Gasteiger partial charge in [-0.25, -0.2) is 14.3 Å². The van der Waals surface area contributed by atoms with Crippen LogP contribution in [0, 0.1) is 5.82 Å². The van der Waals surface area contributed by atoms with Gasteiger partial charge < -0.3 is 5.32 Å². The first-order valence-electron chi connectivity index (χ1n) is 8.94. The van der Waals surface area contributed by atoms with Gasteiger partial charge in [-0.15, -0.1) is 0 Å². The summed E-state index contributed by atoms with van der Waals surface area (Å²) in [5.41, 5.74) is 0.516. The average molecular weight is 361 g/mol. The number of rotatable bonds is 6. The molecule has 0 spiro atoms. The van der Waals surface area contributed by atoms with Crippen LogP contribution in [0.4, 0.5) is 4.39 Å². The molecular formula is C18H24FN5O2. The molecule has 1 amide bonds. The number of aromatic nitrogens is 3. The van der Waals surface area contributed by atoms with E-state index in [1.807, 2.05) is 0 Å². The molecule has 0 bridgehead atoms. The lowest BCUT2D eigenvalue weighted by Gasteiger charge is -2.34. The first-order valence-corrected chi connectivity index (χ1v) is 8.94. The smallest absolute Gasteiger partial charge is 0.343 e. The van der Waals surface area contributed by atoms with E-state index in [0.717, 1.165) is 31.5 Å². The molecule has 0 saturated carbocycles. The molecule has 2 heterocycles. The predicted octanol–water partition coefficient (Wildman–Crippen LogP) is 1.13. The van der Waals surface area contributed by atoms with Gasteiger partial charge in [0.05, 0.1) is 0 Å². The van der Waals surface area contributed by atoms with Crippen LogP contribution in [-0.4, -0.2) is 45.2 Å². The number of hydrogen-bond donors (Lipinski definition) is 2. The largest absolute Gasteiger partial charge is 0.354 e. The van der Waals surface area contributed by atoms with E-state index in [2.05, 4.69) is 20.4 Å². The van der Waals surface area contributed by atoms with Gasteiger partial charge in [-0.2, -0.15) is 5.10 Å². The Balaban J connectivity index is 1.68. The second-order valence-corrected chi connectivity index (χ2v) is 6.60. The summed E-state index contributed by atoms with van der Waals surface area (Å²) in [6, 6.07) is 5.69. The third-order valence-corrected chi connectivity index (χ3v) is 4.81. The highest BCUT2D eigenvalue weighted by Crippen LogP contribution is 2.25. The summed E-state index contributed by atoms with van der Waals surface area (Å²) in [6.45, 7) is 2.08. The molecule has 7 nitrogen and oxygen atoms in total. The minimum atomic E-state index is -0.432. The monoisotopic (exact) mass is 361 g/mol. The summed E-state index contributed by atoms with van der Waals surface area (Å²) in [5, 5.41) is 9.25. The molecule has 1 aliphatic rings. The first kappa shape index (κ1) is 18.3. The summed E-state index contributed by atoms with van der Waals surface area (Å²) in [4.78, 5) is 26.4.